The minimum absolute atomic E-state index is 0.607. The topological polar surface area (TPSA) is 68.2 Å². The zero-order valence-electron chi connectivity index (χ0n) is 9.80. The second kappa shape index (κ2) is 4.74. The van der Waals surface area contributed by atoms with E-state index in [1.165, 1.54) is 0 Å². The molecule has 0 spiro atoms. The van der Waals surface area contributed by atoms with Crippen molar-refractivity contribution in [1.82, 2.24) is 4.98 Å². The zero-order valence-corrected chi connectivity index (χ0v) is 9.80. The number of nitrogens with zero attached hydrogens (tertiary/aromatic N) is 2. The van der Waals surface area contributed by atoms with Gasteiger partial charge in [0.15, 0.2) is 0 Å². The summed E-state index contributed by atoms with van der Waals surface area (Å²) in [7, 11) is 2.00. The highest BCUT2D eigenvalue weighted by atomic mass is 15.1. The Kier molecular flexibility index (Phi) is 3.14. The van der Waals surface area contributed by atoms with Crippen molar-refractivity contribution in [2.75, 3.05) is 23.4 Å². The molecule has 0 aliphatic heterocycles. The average Bonchev–Trinajstić information content (AvgIpc) is 2.34. The molecule has 0 bridgehead atoms. The highest BCUT2D eigenvalue weighted by molar-refractivity contribution is 5.69. The SMILES string of the molecule is CN(Cc1ccccn1)c1ccc(N)c(N)c1. The maximum Gasteiger partial charge on any atom is 0.0598 e. The van der Waals surface area contributed by atoms with Gasteiger partial charge in [-0.3, -0.25) is 4.98 Å². The molecule has 4 heteroatoms. The molecule has 0 unspecified atom stereocenters. The monoisotopic (exact) mass is 228 g/mol. The van der Waals surface area contributed by atoms with Crippen LogP contribution in [0.5, 0.6) is 0 Å². The smallest absolute Gasteiger partial charge is 0.0598 e. The van der Waals surface area contributed by atoms with E-state index < -0.39 is 0 Å². The molecule has 17 heavy (non-hydrogen) atoms. The zero-order chi connectivity index (χ0) is 12.3. The molecule has 2 aromatic rings. The van der Waals surface area contributed by atoms with Crippen molar-refractivity contribution in [2.45, 2.75) is 6.54 Å². The first kappa shape index (κ1) is 11.3. The molecule has 0 saturated heterocycles. The number of nitrogen functional groups attached to an aromatic ring is 2. The number of benzene rings is 1. The van der Waals surface area contributed by atoms with Crippen LogP contribution in [0.25, 0.3) is 0 Å². The molecule has 0 aliphatic rings. The van der Waals surface area contributed by atoms with Crippen LogP contribution >= 0.6 is 0 Å². The Morgan fingerprint density at radius 2 is 1.94 bits per heavy atom. The van der Waals surface area contributed by atoms with Crippen LogP contribution in [0.4, 0.5) is 17.1 Å². The van der Waals surface area contributed by atoms with Crippen LogP contribution in [-0.4, -0.2) is 12.0 Å². The van der Waals surface area contributed by atoms with Crippen molar-refractivity contribution in [3.8, 4) is 0 Å². The molecule has 0 amide bonds. The summed E-state index contributed by atoms with van der Waals surface area (Å²) >= 11 is 0. The molecule has 4 N–H and O–H groups in total. The Labute approximate surface area is 101 Å². The van der Waals surface area contributed by atoms with E-state index in [-0.39, 0.29) is 0 Å². The number of hydrogen-bond acceptors (Lipinski definition) is 4. The van der Waals surface area contributed by atoms with Gasteiger partial charge in [0.25, 0.3) is 0 Å². The van der Waals surface area contributed by atoms with Crippen molar-refractivity contribution >= 4 is 17.1 Å². The summed E-state index contributed by atoms with van der Waals surface area (Å²) in [5.74, 6) is 0. The Morgan fingerprint density at radius 1 is 1.12 bits per heavy atom. The van der Waals surface area contributed by atoms with E-state index in [0.29, 0.717) is 11.4 Å². The van der Waals surface area contributed by atoms with Crippen LogP contribution in [0.3, 0.4) is 0 Å². The van der Waals surface area contributed by atoms with Gasteiger partial charge in [-0.25, -0.2) is 0 Å². The summed E-state index contributed by atoms with van der Waals surface area (Å²) in [5.41, 5.74) is 14.7. The Hall–Kier alpha value is -2.23. The molecule has 1 heterocycles. The lowest BCUT2D eigenvalue weighted by molar-refractivity contribution is 0.885. The fourth-order valence-corrected chi connectivity index (χ4v) is 1.63. The quantitative estimate of drug-likeness (QED) is 0.787. The van der Waals surface area contributed by atoms with E-state index in [1.54, 1.807) is 6.20 Å². The van der Waals surface area contributed by atoms with E-state index in [0.717, 1.165) is 17.9 Å². The molecule has 4 nitrogen and oxygen atoms in total. The van der Waals surface area contributed by atoms with E-state index in [9.17, 15) is 0 Å². The van der Waals surface area contributed by atoms with E-state index in [4.69, 9.17) is 11.5 Å². The predicted molar refractivity (Wildman–Crippen MR) is 71.6 cm³/mol. The van der Waals surface area contributed by atoms with Gasteiger partial charge < -0.3 is 16.4 Å². The summed E-state index contributed by atoms with van der Waals surface area (Å²) < 4.78 is 0. The van der Waals surface area contributed by atoms with E-state index >= 15 is 0 Å². The van der Waals surface area contributed by atoms with Crippen molar-refractivity contribution in [1.29, 1.82) is 0 Å². The predicted octanol–water partition coefficient (Wildman–Crippen LogP) is 1.88. The first-order chi connectivity index (χ1) is 8.16. The van der Waals surface area contributed by atoms with Crippen molar-refractivity contribution in [2.24, 2.45) is 0 Å². The average molecular weight is 228 g/mol. The van der Waals surface area contributed by atoms with Crippen molar-refractivity contribution in [3.05, 3.63) is 48.3 Å². The number of pyridine rings is 1. The highest BCUT2D eigenvalue weighted by Crippen LogP contribution is 2.22. The molecular weight excluding hydrogens is 212 g/mol. The molecule has 1 aromatic heterocycles. The standard InChI is InChI=1S/C13H16N4/c1-17(9-10-4-2-3-7-16-10)11-5-6-12(14)13(15)8-11/h2-8H,9,14-15H2,1H3. The maximum absolute atomic E-state index is 5.78. The lowest BCUT2D eigenvalue weighted by Crippen LogP contribution is -2.17. The molecule has 1 aromatic carbocycles. The first-order valence-electron chi connectivity index (χ1n) is 5.43. The third-order valence-electron chi connectivity index (χ3n) is 2.64. The Bertz CT molecular complexity index is 496. The third kappa shape index (κ3) is 2.66. The van der Waals surface area contributed by atoms with Crippen molar-refractivity contribution < 1.29 is 0 Å². The number of nitrogens with two attached hydrogens (primary N) is 2. The van der Waals surface area contributed by atoms with Crippen LogP contribution in [0.15, 0.2) is 42.6 Å². The summed E-state index contributed by atoms with van der Waals surface area (Å²) in [5, 5.41) is 0. The van der Waals surface area contributed by atoms with Gasteiger partial charge in [0.05, 0.1) is 23.6 Å². The van der Waals surface area contributed by atoms with Gasteiger partial charge in [0, 0.05) is 18.9 Å². The Balaban J connectivity index is 2.14. The van der Waals surface area contributed by atoms with Crippen LogP contribution in [0.2, 0.25) is 0 Å². The summed E-state index contributed by atoms with van der Waals surface area (Å²) in [4.78, 5) is 6.37. The molecule has 0 fully saturated rings. The minimum atomic E-state index is 0.607. The molecule has 0 saturated carbocycles. The normalized spacial score (nSPS) is 10.2. The summed E-state index contributed by atoms with van der Waals surface area (Å²) in [6, 6.07) is 11.5. The summed E-state index contributed by atoms with van der Waals surface area (Å²) in [6.45, 7) is 0.740. The third-order valence-corrected chi connectivity index (χ3v) is 2.64. The van der Waals surface area contributed by atoms with Gasteiger partial charge in [-0.05, 0) is 30.3 Å². The van der Waals surface area contributed by atoms with Gasteiger partial charge in [-0.1, -0.05) is 6.07 Å². The van der Waals surface area contributed by atoms with Crippen LogP contribution in [-0.2, 0) is 6.54 Å². The van der Waals surface area contributed by atoms with Gasteiger partial charge in [-0.2, -0.15) is 0 Å². The van der Waals surface area contributed by atoms with Crippen LogP contribution < -0.4 is 16.4 Å². The lowest BCUT2D eigenvalue weighted by Gasteiger charge is -2.19. The summed E-state index contributed by atoms with van der Waals surface area (Å²) in [6.07, 6.45) is 1.79. The van der Waals surface area contributed by atoms with Crippen LogP contribution in [0.1, 0.15) is 5.69 Å². The second-order valence-electron chi connectivity index (χ2n) is 3.99. The van der Waals surface area contributed by atoms with E-state index in [2.05, 4.69) is 9.88 Å². The van der Waals surface area contributed by atoms with Gasteiger partial charge in [-0.15, -0.1) is 0 Å². The number of rotatable bonds is 3. The van der Waals surface area contributed by atoms with Gasteiger partial charge in [0.1, 0.15) is 0 Å². The minimum Gasteiger partial charge on any atom is -0.397 e. The number of aromatic nitrogens is 1. The lowest BCUT2D eigenvalue weighted by atomic mass is 10.2. The van der Waals surface area contributed by atoms with Crippen LogP contribution in [0, 0.1) is 0 Å². The van der Waals surface area contributed by atoms with Crippen molar-refractivity contribution in [3.63, 3.8) is 0 Å². The molecular formula is C13H16N4. The number of hydrogen-bond donors (Lipinski definition) is 2. The molecule has 88 valence electrons. The number of anilines is 3. The van der Waals surface area contributed by atoms with Gasteiger partial charge >= 0.3 is 0 Å². The molecule has 2 rings (SSSR count). The Morgan fingerprint density at radius 3 is 2.59 bits per heavy atom. The van der Waals surface area contributed by atoms with Gasteiger partial charge in [0.2, 0.25) is 0 Å². The fourth-order valence-electron chi connectivity index (χ4n) is 1.63. The molecule has 0 atom stereocenters. The second-order valence-corrected chi connectivity index (χ2v) is 3.99. The fraction of sp³-hybridized carbons (Fsp3) is 0.154. The largest absolute Gasteiger partial charge is 0.397 e. The molecule has 0 aliphatic carbocycles. The van der Waals surface area contributed by atoms with E-state index in [1.807, 2.05) is 43.4 Å². The molecule has 0 radical (unpaired) electrons. The highest BCUT2D eigenvalue weighted by Gasteiger charge is 2.04. The maximum atomic E-state index is 5.78. The first-order valence-corrected chi connectivity index (χ1v) is 5.43.